The molecule has 1 N–H and O–H groups in total. The Morgan fingerprint density at radius 3 is 2.59 bits per heavy atom. The summed E-state index contributed by atoms with van der Waals surface area (Å²) in [5.41, 5.74) is 2.91. The highest BCUT2D eigenvalue weighted by Crippen LogP contribution is 2.30. The fourth-order valence-corrected chi connectivity index (χ4v) is 3.55. The molecule has 0 unspecified atom stereocenters. The molecule has 0 radical (unpaired) electrons. The number of hydrogen-bond donors (Lipinski definition) is 1. The van der Waals surface area contributed by atoms with Crippen molar-refractivity contribution >= 4 is 35.6 Å². The summed E-state index contributed by atoms with van der Waals surface area (Å²) in [5.74, 6) is -0.241. The first-order valence-corrected chi connectivity index (χ1v) is 10.7. The van der Waals surface area contributed by atoms with Crippen LogP contribution in [0.25, 0.3) is 11.0 Å². The first-order chi connectivity index (χ1) is 10.4. The maximum absolute atomic E-state index is 14.4. The van der Waals surface area contributed by atoms with Gasteiger partial charge in [-0.25, -0.2) is 4.39 Å². The van der Waals surface area contributed by atoms with E-state index < -0.39 is 8.07 Å². The third kappa shape index (κ3) is 2.64. The third-order valence-corrected chi connectivity index (χ3v) is 5.81. The van der Waals surface area contributed by atoms with Crippen LogP contribution < -0.4 is 10.5 Å². The normalized spacial score (nSPS) is 11.9. The van der Waals surface area contributed by atoms with Crippen molar-refractivity contribution in [3.8, 4) is 0 Å². The van der Waals surface area contributed by atoms with Crippen LogP contribution in [-0.2, 0) is 0 Å². The molecule has 2 heterocycles. The van der Waals surface area contributed by atoms with Crippen molar-refractivity contribution in [1.29, 1.82) is 0 Å². The van der Waals surface area contributed by atoms with Crippen LogP contribution in [-0.4, -0.2) is 13.1 Å². The fraction of sp³-hybridized carbons (Fsp3) is 0.235. The summed E-state index contributed by atoms with van der Waals surface area (Å²) in [4.78, 5) is 4.17. The number of hydrogen-bond acceptors (Lipinski definition) is 3. The van der Waals surface area contributed by atoms with Crippen molar-refractivity contribution in [2.24, 2.45) is 0 Å². The van der Waals surface area contributed by atoms with Gasteiger partial charge in [-0.2, -0.15) is 0 Å². The number of rotatable bonds is 3. The van der Waals surface area contributed by atoms with Gasteiger partial charge >= 0.3 is 0 Å². The second-order valence-corrected chi connectivity index (χ2v) is 11.6. The van der Waals surface area contributed by atoms with Crippen molar-refractivity contribution in [3.63, 3.8) is 0 Å². The number of aromatic nitrogens is 1. The number of pyridine rings is 1. The molecule has 0 amide bonds. The van der Waals surface area contributed by atoms with Gasteiger partial charge in [0.05, 0.1) is 24.8 Å². The van der Waals surface area contributed by atoms with E-state index in [9.17, 15) is 4.39 Å². The highest BCUT2D eigenvalue weighted by Gasteiger charge is 2.18. The molecule has 0 spiro atoms. The number of fused-ring (bicyclic) bond motifs is 1. The van der Waals surface area contributed by atoms with E-state index in [4.69, 9.17) is 4.42 Å². The molecule has 0 aliphatic rings. The molecule has 22 heavy (non-hydrogen) atoms. The lowest BCUT2D eigenvalue weighted by Crippen LogP contribution is -2.37. The van der Waals surface area contributed by atoms with Crippen LogP contribution in [0.2, 0.25) is 19.6 Å². The molecule has 0 fully saturated rings. The zero-order chi connectivity index (χ0) is 15.9. The zero-order valence-corrected chi connectivity index (χ0v) is 14.2. The molecule has 0 aliphatic carbocycles. The average molecular weight is 314 g/mol. The van der Waals surface area contributed by atoms with Gasteiger partial charge in [0.1, 0.15) is 17.7 Å². The van der Waals surface area contributed by atoms with Crippen molar-refractivity contribution < 1.29 is 8.81 Å². The van der Waals surface area contributed by atoms with Gasteiger partial charge in [0.25, 0.3) is 0 Å². The average Bonchev–Trinajstić information content (AvgIpc) is 2.85. The topological polar surface area (TPSA) is 38.1 Å². The standard InChI is InChI=1S/C17H19FN2OSi/c1-11-8-19-9-13-16(10-21-17(11)13)20-15-6-5-12(7-14(15)18)22(2,3)4/h5-10,20H,1-4H3. The van der Waals surface area contributed by atoms with Gasteiger partial charge in [-0.15, -0.1) is 0 Å². The SMILES string of the molecule is Cc1cncc2c(Nc3ccc([Si](C)(C)C)cc3F)coc12. The molecule has 5 heteroatoms. The van der Waals surface area contributed by atoms with E-state index in [-0.39, 0.29) is 5.82 Å². The molecule has 3 rings (SSSR count). The van der Waals surface area contributed by atoms with Crippen LogP contribution in [0.4, 0.5) is 15.8 Å². The molecule has 0 saturated carbocycles. The molecule has 0 bridgehead atoms. The quantitative estimate of drug-likeness (QED) is 0.720. The lowest BCUT2D eigenvalue weighted by Gasteiger charge is -2.17. The van der Waals surface area contributed by atoms with Crippen molar-refractivity contribution in [3.05, 3.63) is 48.2 Å². The Morgan fingerprint density at radius 1 is 1.14 bits per heavy atom. The summed E-state index contributed by atoms with van der Waals surface area (Å²) in [5, 5.41) is 5.06. The molecule has 114 valence electrons. The van der Waals surface area contributed by atoms with Gasteiger partial charge in [-0.05, 0) is 19.1 Å². The van der Waals surface area contributed by atoms with Gasteiger partial charge < -0.3 is 9.73 Å². The summed E-state index contributed by atoms with van der Waals surface area (Å²) in [6, 6.07) is 5.44. The second kappa shape index (κ2) is 5.25. The van der Waals surface area contributed by atoms with Crippen LogP contribution in [0, 0.1) is 12.7 Å². The van der Waals surface area contributed by atoms with Crippen molar-refractivity contribution in [2.75, 3.05) is 5.32 Å². The van der Waals surface area contributed by atoms with Gasteiger partial charge in [-0.1, -0.05) is 30.9 Å². The maximum Gasteiger partial charge on any atom is 0.146 e. The number of furan rings is 1. The number of anilines is 2. The first-order valence-electron chi connectivity index (χ1n) is 7.25. The smallest absolute Gasteiger partial charge is 0.146 e. The van der Waals surface area contributed by atoms with E-state index >= 15 is 0 Å². The van der Waals surface area contributed by atoms with Gasteiger partial charge in [0.15, 0.2) is 0 Å². The lowest BCUT2D eigenvalue weighted by molar-refractivity contribution is 0.613. The molecule has 2 aromatic heterocycles. The summed E-state index contributed by atoms with van der Waals surface area (Å²) in [6.07, 6.45) is 5.08. The summed E-state index contributed by atoms with van der Waals surface area (Å²) in [6.45, 7) is 8.54. The van der Waals surface area contributed by atoms with Crippen LogP contribution in [0.15, 0.2) is 41.3 Å². The Kier molecular flexibility index (Phi) is 3.52. The Balaban J connectivity index is 1.97. The lowest BCUT2D eigenvalue weighted by atomic mass is 10.2. The Bertz CT molecular complexity index is 836. The molecule has 1 aromatic carbocycles. The minimum absolute atomic E-state index is 0.241. The van der Waals surface area contributed by atoms with Crippen molar-refractivity contribution in [2.45, 2.75) is 26.6 Å². The number of nitrogens with one attached hydrogen (secondary N) is 1. The van der Waals surface area contributed by atoms with Gasteiger partial charge in [0, 0.05) is 18.0 Å². The highest BCUT2D eigenvalue weighted by molar-refractivity contribution is 6.88. The Hall–Kier alpha value is -2.14. The predicted octanol–water partition coefficient (Wildman–Crippen LogP) is 4.56. The predicted molar refractivity (Wildman–Crippen MR) is 91.4 cm³/mol. The minimum atomic E-state index is -1.51. The maximum atomic E-state index is 14.4. The summed E-state index contributed by atoms with van der Waals surface area (Å²) < 4.78 is 19.9. The molecule has 3 nitrogen and oxygen atoms in total. The Labute approximate surface area is 130 Å². The monoisotopic (exact) mass is 314 g/mol. The number of nitrogens with zero attached hydrogens (tertiary/aromatic N) is 1. The van der Waals surface area contributed by atoms with E-state index in [1.165, 1.54) is 0 Å². The van der Waals surface area contributed by atoms with E-state index in [1.807, 2.05) is 13.0 Å². The van der Waals surface area contributed by atoms with Crippen LogP contribution >= 0.6 is 0 Å². The number of benzene rings is 1. The van der Waals surface area contributed by atoms with Crippen molar-refractivity contribution in [1.82, 2.24) is 4.98 Å². The van der Waals surface area contributed by atoms with Crippen LogP contribution in [0.5, 0.6) is 0 Å². The summed E-state index contributed by atoms with van der Waals surface area (Å²) >= 11 is 0. The molecular formula is C17H19FN2OSi. The van der Waals surface area contributed by atoms with E-state index in [0.29, 0.717) is 5.69 Å². The molecule has 3 aromatic rings. The van der Waals surface area contributed by atoms with Crippen LogP contribution in [0.1, 0.15) is 5.56 Å². The first kappa shape index (κ1) is 14.8. The second-order valence-electron chi connectivity index (χ2n) is 6.55. The van der Waals surface area contributed by atoms with Crippen LogP contribution in [0.3, 0.4) is 0 Å². The molecule has 0 aliphatic heterocycles. The largest absolute Gasteiger partial charge is 0.462 e. The third-order valence-electron chi connectivity index (χ3n) is 3.76. The molecule has 0 atom stereocenters. The van der Waals surface area contributed by atoms with E-state index in [2.05, 4.69) is 29.9 Å². The number of aryl methyl sites for hydroxylation is 1. The van der Waals surface area contributed by atoms with E-state index in [0.717, 1.165) is 27.4 Å². The molecular weight excluding hydrogens is 295 g/mol. The highest BCUT2D eigenvalue weighted by atomic mass is 28.3. The van der Waals surface area contributed by atoms with Gasteiger partial charge in [0.2, 0.25) is 0 Å². The van der Waals surface area contributed by atoms with Gasteiger partial charge in [-0.3, -0.25) is 4.98 Å². The number of halogens is 1. The van der Waals surface area contributed by atoms with E-state index in [1.54, 1.807) is 30.8 Å². The minimum Gasteiger partial charge on any atom is -0.462 e. The summed E-state index contributed by atoms with van der Waals surface area (Å²) in [7, 11) is -1.51. The zero-order valence-electron chi connectivity index (χ0n) is 13.2. The Morgan fingerprint density at radius 2 is 1.91 bits per heavy atom. The fourth-order valence-electron chi connectivity index (χ4n) is 2.41. The molecule has 0 saturated heterocycles.